The molecule has 130 valence electrons. The monoisotopic (exact) mass is 423 g/mol. The Morgan fingerprint density at radius 2 is 1.71 bits per heavy atom. The van der Waals surface area contributed by atoms with E-state index in [9.17, 15) is 17.0 Å². The van der Waals surface area contributed by atoms with Crippen LogP contribution in [-0.4, -0.2) is 37.9 Å². The van der Waals surface area contributed by atoms with Crippen LogP contribution in [0.3, 0.4) is 0 Å². The van der Waals surface area contributed by atoms with Gasteiger partial charge >= 0.3 is 98.6 Å². The molecule has 0 aliphatic heterocycles. The summed E-state index contributed by atoms with van der Waals surface area (Å²) >= 11 is -4.76. The Hall–Kier alpha value is -2.50. The van der Waals surface area contributed by atoms with Crippen molar-refractivity contribution >= 4 is 40.3 Å². The molecule has 0 heterocycles. The summed E-state index contributed by atoms with van der Waals surface area (Å²) in [4.78, 5) is 14.5. The van der Waals surface area contributed by atoms with Crippen LogP contribution in [0.5, 0.6) is 0 Å². The van der Waals surface area contributed by atoms with Gasteiger partial charge in [0.05, 0.1) is 0 Å². The first-order chi connectivity index (χ1) is 11.1. The maximum atomic E-state index is 11.2. The maximum absolute atomic E-state index is 11.2. The van der Waals surface area contributed by atoms with Crippen LogP contribution in [0, 0.1) is 0 Å². The van der Waals surface area contributed by atoms with Crippen molar-refractivity contribution in [2.24, 2.45) is 9.04 Å². The Morgan fingerprint density at radius 3 is 2.04 bits per heavy atom. The van der Waals surface area contributed by atoms with E-state index in [2.05, 4.69) is 18.2 Å². The summed E-state index contributed by atoms with van der Waals surface area (Å²) < 4.78 is 48.2. The second-order valence-electron chi connectivity index (χ2n) is 3.62. The molecule has 1 atom stereocenters. The number of nitrogens with zero attached hydrogens (tertiary/aromatic N) is 6. The van der Waals surface area contributed by atoms with E-state index in [0.717, 1.165) is 0 Å². The molecule has 0 saturated heterocycles. The van der Waals surface area contributed by atoms with Crippen LogP contribution in [0.15, 0.2) is 33.3 Å². The molecule has 3 N–H and O–H groups in total. The molecule has 16 heteroatoms. The van der Waals surface area contributed by atoms with Crippen molar-refractivity contribution < 1.29 is 30.2 Å². The first kappa shape index (κ1) is 21.5. The third kappa shape index (κ3) is 8.22. The van der Waals surface area contributed by atoms with Gasteiger partial charge < -0.3 is 0 Å². The number of rotatable bonds is 5. The third-order valence-corrected chi connectivity index (χ3v) is 4.92. The van der Waals surface area contributed by atoms with Gasteiger partial charge in [0, 0.05) is 18.9 Å². The first-order valence-electron chi connectivity index (χ1n) is 5.50. The fourth-order valence-electron chi connectivity index (χ4n) is 1.09. The number of carbonyl (C=O) groups is 1. The SMILES string of the molecule is CC(=O)Nc1ccc([As](=O)(O)OO)cc1.[N-]=[N+]=NS(=O)(=O)N=[N+]=[N-]. The van der Waals surface area contributed by atoms with Gasteiger partial charge in [-0.15, -0.1) is 0 Å². The van der Waals surface area contributed by atoms with Crippen molar-refractivity contribution in [1.29, 1.82) is 0 Å². The molecule has 0 saturated carbocycles. The molecule has 1 rings (SSSR count). The van der Waals surface area contributed by atoms with Gasteiger partial charge in [-0.3, -0.25) is 0 Å². The molecule has 0 aromatic heterocycles. The molecule has 1 amide bonds. The molecule has 1 unspecified atom stereocenters. The molecule has 0 spiro atoms. The molecular formula is C8H10AsN7O7S. The van der Waals surface area contributed by atoms with Crippen molar-refractivity contribution in [2.75, 3.05) is 5.32 Å². The minimum atomic E-state index is -4.76. The molecule has 0 radical (unpaired) electrons. The number of carbonyl (C=O) groups excluding carboxylic acids is 1. The van der Waals surface area contributed by atoms with Crippen molar-refractivity contribution in [2.45, 2.75) is 6.92 Å². The fourth-order valence-corrected chi connectivity index (χ4v) is 2.61. The van der Waals surface area contributed by atoms with E-state index in [1.165, 1.54) is 31.2 Å². The average Bonchev–Trinajstić information content (AvgIpc) is 2.47. The number of hydrogen-bond donors (Lipinski definition) is 3. The molecule has 24 heavy (non-hydrogen) atoms. The van der Waals surface area contributed by atoms with E-state index in [1.54, 1.807) is 0 Å². The average molecular weight is 423 g/mol. The van der Waals surface area contributed by atoms with E-state index in [0.29, 0.717) is 5.69 Å². The number of benzene rings is 1. The predicted molar refractivity (Wildman–Crippen MR) is 80.0 cm³/mol. The zero-order valence-electron chi connectivity index (χ0n) is 11.8. The van der Waals surface area contributed by atoms with Crippen molar-refractivity contribution in [3.63, 3.8) is 0 Å². The van der Waals surface area contributed by atoms with Gasteiger partial charge in [0.25, 0.3) is 0 Å². The predicted octanol–water partition coefficient (Wildman–Crippen LogP) is 0.555. The van der Waals surface area contributed by atoms with Gasteiger partial charge in [0.15, 0.2) is 0 Å². The maximum Gasteiger partial charge on any atom is 0.321 e. The summed E-state index contributed by atoms with van der Waals surface area (Å²) in [6, 6.07) is 5.50. The van der Waals surface area contributed by atoms with E-state index >= 15 is 0 Å². The summed E-state index contributed by atoms with van der Waals surface area (Å²) in [5.74, 6) is -0.237. The van der Waals surface area contributed by atoms with Gasteiger partial charge in [-0.1, -0.05) is 0 Å². The molecular weight excluding hydrogens is 413 g/mol. The largest absolute Gasteiger partial charge is 0.321 e. The summed E-state index contributed by atoms with van der Waals surface area (Å²) in [5.41, 5.74) is 15.5. The molecule has 0 fully saturated rings. The van der Waals surface area contributed by atoms with Crippen molar-refractivity contribution in [1.82, 2.24) is 0 Å². The zero-order chi connectivity index (χ0) is 18.8. The van der Waals surface area contributed by atoms with Gasteiger partial charge in [0.1, 0.15) is 0 Å². The Balaban J connectivity index is 0.000000506. The zero-order valence-corrected chi connectivity index (χ0v) is 14.5. The van der Waals surface area contributed by atoms with E-state index in [4.69, 9.17) is 20.4 Å². The molecule has 0 aliphatic carbocycles. The molecule has 1 aromatic carbocycles. The molecule has 0 aliphatic rings. The molecule has 0 bridgehead atoms. The standard InChI is InChI=1S/C8H10AsNO5.N6O2S/c1-6(11)10-8-4-2-7(3-5-8)9(12,13)15-14;1-3-5-9(7,8)6-4-2/h2-5,14H,1H3,(H,10,11)(H,12,13);. The second kappa shape index (κ2) is 9.60. The Morgan fingerprint density at radius 1 is 1.25 bits per heavy atom. The number of nitrogens with one attached hydrogen (secondary N) is 1. The number of azide groups is 1. The summed E-state index contributed by atoms with van der Waals surface area (Å²) in [5, 5.41) is 10.7. The van der Waals surface area contributed by atoms with Crippen LogP contribution < -0.4 is 9.67 Å². The Kier molecular flexibility index (Phi) is 8.60. The normalized spacial score (nSPS) is 12.3. The third-order valence-electron chi connectivity index (χ3n) is 1.90. The van der Waals surface area contributed by atoms with Crippen molar-refractivity contribution in [3.05, 3.63) is 45.2 Å². The van der Waals surface area contributed by atoms with Crippen LogP contribution in [-0.2, 0) is 22.6 Å². The minimum absolute atomic E-state index is 0.00438. The minimum Gasteiger partial charge on any atom is -0.213 e. The summed E-state index contributed by atoms with van der Waals surface area (Å²) in [7, 11) is -4.27. The fraction of sp³-hybridized carbons (Fsp3) is 0.125. The van der Waals surface area contributed by atoms with Crippen LogP contribution in [0.2, 0.25) is 0 Å². The second-order valence-corrected chi connectivity index (χ2v) is 8.45. The van der Waals surface area contributed by atoms with E-state index < -0.39 is 24.4 Å². The van der Waals surface area contributed by atoms with Crippen LogP contribution >= 0.6 is 0 Å². The Bertz CT molecular complexity index is 803. The van der Waals surface area contributed by atoms with Gasteiger partial charge in [-0.25, -0.2) is 8.42 Å². The Labute approximate surface area is 137 Å². The first-order valence-corrected chi connectivity index (χ1v) is 10.2. The quantitative estimate of drug-likeness (QED) is 0.152. The van der Waals surface area contributed by atoms with E-state index in [1.807, 2.05) is 9.82 Å². The molecule has 14 nitrogen and oxygen atoms in total. The van der Waals surface area contributed by atoms with Crippen molar-refractivity contribution in [3.8, 4) is 0 Å². The van der Waals surface area contributed by atoms with E-state index in [-0.39, 0.29) is 10.3 Å². The smallest absolute Gasteiger partial charge is 0.213 e. The van der Waals surface area contributed by atoms with Crippen LogP contribution in [0.4, 0.5) is 5.69 Å². The summed E-state index contributed by atoms with van der Waals surface area (Å²) in [6.45, 7) is 1.35. The number of anilines is 1. The van der Waals surface area contributed by atoms with Gasteiger partial charge in [-0.2, -0.15) is 0 Å². The van der Waals surface area contributed by atoms with Crippen LogP contribution in [0.1, 0.15) is 6.92 Å². The van der Waals surface area contributed by atoms with Gasteiger partial charge in [0.2, 0.25) is 0 Å². The van der Waals surface area contributed by atoms with Gasteiger partial charge in [-0.05, 0) is 11.1 Å². The number of hydrogen-bond acceptors (Lipinski definition) is 6. The summed E-state index contributed by atoms with van der Waals surface area (Å²) in [6.07, 6.45) is 0. The van der Waals surface area contributed by atoms with Crippen LogP contribution in [0.25, 0.3) is 20.9 Å². The molecule has 1 aromatic rings. The number of amides is 1. The topological polar surface area (TPSA) is 228 Å².